The van der Waals surface area contributed by atoms with Gasteiger partial charge in [0.25, 0.3) is 0 Å². The Labute approximate surface area is 119 Å². The number of alkyl carbamates (subject to hydrolysis) is 1. The highest BCUT2D eigenvalue weighted by molar-refractivity contribution is 9.18. The van der Waals surface area contributed by atoms with Gasteiger partial charge in [-0.1, -0.05) is 5.16 Å². The Morgan fingerprint density at radius 3 is 2.68 bits per heavy atom. The fourth-order valence-corrected chi connectivity index (χ4v) is 1.90. The maximum Gasteiger partial charge on any atom is 0.408 e. The van der Waals surface area contributed by atoms with E-state index in [1.807, 2.05) is 0 Å². The van der Waals surface area contributed by atoms with Crippen LogP contribution in [0.25, 0.3) is 0 Å². The van der Waals surface area contributed by atoms with Crippen molar-refractivity contribution in [3.8, 4) is 0 Å². The van der Waals surface area contributed by atoms with Crippen molar-refractivity contribution in [1.29, 1.82) is 0 Å². The van der Waals surface area contributed by atoms with Gasteiger partial charge in [-0.15, -0.1) is 0 Å². The lowest BCUT2D eigenvalue weighted by atomic mass is 10.1. The molecule has 1 rings (SSSR count). The van der Waals surface area contributed by atoms with Crippen molar-refractivity contribution in [3.63, 3.8) is 0 Å². The van der Waals surface area contributed by atoms with Crippen molar-refractivity contribution in [1.82, 2.24) is 5.32 Å². The van der Waals surface area contributed by atoms with E-state index in [9.17, 15) is 9.59 Å². The highest BCUT2D eigenvalue weighted by atomic mass is 79.9. The number of oxime groups is 1. The van der Waals surface area contributed by atoms with Crippen LogP contribution in [-0.4, -0.2) is 39.5 Å². The molecule has 0 radical (unpaired) electrons. The number of halogens is 1. The molecule has 7 nitrogen and oxygen atoms in total. The topological polar surface area (TPSA) is 97.2 Å². The molecule has 2 atom stereocenters. The predicted octanol–water partition coefficient (Wildman–Crippen LogP) is 1.85. The lowest BCUT2D eigenvalue weighted by Crippen LogP contribution is -2.45. The van der Waals surface area contributed by atoms with Crippen LogP contribution in [-0.2, 0) is 14.4 Å². The Morgan fingerprint density at radius 1 is 1.63 bits per heavy atom. The van der Waals surface area contributed by atoms with Gasteiger partial charge in [-0.2, -0.15) is 0 Å². The van der Waals surface area contributed by atoms with Crippen LogP contribution in [0.4, 0.5) is 4.79 Å². The second-order valence-electron chi connectivity index (χ2n) is 5.17. The monoisotopic (exact) mass is 336 g/mol. The number of carbonyl (C=O) groups excluding carboxylic acids is 1. The minimum atomic E-state index is -1.14. The number of nitrogens with one attached hydrogen (secondary N) is 1. The molecule has 0 aromatic heterocycles. The van der Waals surface area contributed by atoms with Crippen LogP contribution in [0, 0.1) is 0 Å². The molecule has 0 unspecified atom stereocenters. The summed E-state index contributed by atoms with van der Waals surface area (Å²) >= 11 is 3.16. The third-order valence-electron chi connectivity index (χ3n) is 2.18. The largest absolute Gasteiger partial charge is 0.480 e. The molecule has 0 aromatic rings. The molecule has 19 heavy (non-hydrogen) atoms. The SMILES string of the molecule is CC(C)(C)OC(=O)N[C@H](C[C@H]1CC(Br)=NO1)C(=O)O. The second-order valence-corrected chi connectivity index (χ2v) is 6.09. The number of hydrogen-bond acceptors (Lipinski definition) is 5. The Kier molecular flexibility index (Phi) is 5.16. The van der Waals surface area contributed by atoms with Crippen molar-refractivity contribution >= 4 is 32.6 Å². The van der Waals surface area contributed by atoms with E-state index < -0.39 is 23.7 Å². The average molecular weight is 337 g/mol. The maximum absolute atomic E-state index is 11.5. The fourth-order valence-electron chi connectivity index (χ4n) is 1.45. The van der Waals surface area contributed by atoms with Crippen LogP contribution >= 0.6 is 15.9 Å². The van der Waals surface area contributed by atoms with Gasteiger partial charge in [0.05, 0.1) is 0 Å². The molecule has 2 N–H and O–H groups in total. The summed E-state index contributed by atoms with van der Waals surface area (Å²) in [5, 5.41) is 15.0. The molecular formula is C11H17BrN2O5. The molecule has 1 heterocycles. The smallest absolute Gasteiger partial charge is 0.408 e. The van der Waals surface area contributed by atoms with E-state index >= 15 is 0 Å². The van der Waals surface area contributed by atoms with Crippen molar-refractivity contribution in [2.45, 2.75) is 51.4 Å². The van der Waals surface area contributed by atoms with E-state index in [1.54, 1.807) is 20.8 Å². The van der Waals surface area contributed by atoms with E-state index in [0.29, 0.717) is 11.0 Å². The van der Waals surface area contributed by atoms with E-state index in [2.05, 4.69) is 26.4 Å². The number of carboxylic acids is 1. The van der Waals surface area contributed by atoms with Gasteiger partial charge in [0, 0.05) is 12.8 Å². The third kappa shape index (κ3) is 5.91. The van der Waals surface area contributed by atoms with Gasteiger partial charge < -0.3 is 20.0 Å². The molecule has 0 fully saturated rings. The second kappa shape index (κ2) is 6.23. The highest BCUT2D eigenvalue weighted by Gasteiger charge is 2.30. The Hall–Kier alpha value is -1.31. The van der Waals surface area contributed by atoms with Crippen LogP contribution in [0.15, 0.2) is 5.16 Å². The first-order valence-corrected chi connectivity index (χ1v) is 6.57. The molecular weight excluding hydrogens is 320 g/mol. The first-order chi connectivity index (χ1) is 8.67. The van der Waals surface area contributed by atoms with Crippen LogP contribution in [0.2, 0.25) is 0 Å². The molecule has 108 valence electrons. The standard InChI is InChI=1S/C11H17BrN2O5/c1-11(2,3)18-10(17)13-7(9(15)16)4-6-5-8(12)14-19-6/h6-7H,4-5H2,1-3H3,(H,13,17)(H,15,16)/t6-,7+/m0/s1. The quantitative estimate of drug-likeness (QED) is 0.816. The van der Waals surface area contributed by atoms with E-state index in [0.717, 1.165) is 0 Å². The summed E-state index contributed by atoms with van der Waals surface area (Å²) in [6.45, 7) is 5.11. The molecule has 0 aromatic carbocycles. The molecule has 0 aliphatic carbocycles. The Bertz CT molecular complexity index is 391. The predicted molar refractivity (Wildman–Crippen MR) is 71.3 cm³/mol. The normalized spacial score (nSPS) is 20.2. The van der Waals surface area contributed by atoms with Crippen molar-refractivity contribution in [3.05, 3.63) is 0 Å². The molecule has 0 saturated carbocycles. The van der Waals surface area contributed by atoms with Crippen LogP contribution in [0.1, 0.15) is 33.6 Å². The summed E-state index contributed by atoms with van der Waals surface area (Å²) in [5.41, 5.74) is -0.677. The third-order valence-corrected chi connectivity index (χ3v) is 2.65. The number of ether oxygens (including phenoxy) is 1. The number of amides is 1. The van der Waals surface area contributed by atoms with Crippen molar-refractivity contribution < 1.29 is 24.3 Å². The lowest BCUT2D eigenvalue weighted by Gasteiger charge is -2.22. The number of aliphatic carboxylic acids is 1. The van der Waals surface area contributed by atoms with Crippen LogP contribution < -0.4 is 5.32 Å². The lowest BCUT2D eigenvalue weighted by molar-refractivity contribution is -0.140. The summed E-state index contributed by atoms with van der Waals surface area (Å²) in [4.78, 5) is 27.6. The van der Waals surface area contributed by atoms with Gasteiger partial charge in [0.2, 0.25) is 0 Å². The van der Waals surface area contributed by atoms with E-state index in [4.69, 9.17) is 14.7 Å². The number of carbonyl (C=O) groups is 2. The molecule has 1 amide bonds. The summed E-state index contributed by atoms with van der Waals surface area (Å²) in [6, 6.07) is -1.08. The van der Waals surface area contributed by atoms with Crippen molar-refractivity contribution in [2.24, 2.45) is 5.16 Å². The average Bonchev–Trinajstić information content (AvgIpc) is 2.60. The minimum Gasteiger partial charge on any atom is -0.480 e. The molecule has 0 bridgehead atoms. The summed E-state index contributed by atoms with van der Waals surface area (Å²) < 4.78 is 5.64. The van der Waals surface area contributed by atoms with Gasteiger partial charge in [-0.05, 0) is 36.7 Å². The molecule has 0 spiro atoms. The molecule has 0 saturated heterocycles. The first kappa shape index (κ1) is 15.7. The van der Waals surface area contributed by atoms with E-state index in [-0.39, 0.29) is 12.5 Å². The first-order valence-electron chi connectivity index (χ1n) is 5.78. The number of hydrogen-bond donors (Lipinski definition) is 2. The zero-order valence-corrected chi connectivity index (χ0v) is 12.6. The Balaban J connectivity index is 2.50. The van der Waals surface area contributed by atoms with Crippen LogP contribution in [0.3, 0.4) is 0 Å². The zero-order valence-electron chi connectivity index (χ0n) is 11.0. The summed E-state index contributed by atoms with van der Waals surface area (Å²) in [5.74, 6) is -1.14. The maximum atomic E-state index is 11.5. The van der Waals surface area contributed by atoms with Gasteiger partial charge in [0.15, 0.2) is 0 Å². The number of rotatable bonds is 4. The van der Waals surface area contributed by atoms with Gasteiger partial charge in [-0.25, -0.2) is 9.59 Å². The molecule has 8 heteroatoms. The van der Waals surface area contributed by atoms with Crippen molar-refractivity contribution in [2.75, 3.05) is 0 Å². The molecule has 1 aliphatic heterocycles. The fraction of sp³-hybridized carbons (Fsp3) is 0.727. The zero-order chi connectivity index (χ0) is 14.6. The summed E-state index contributed by atoms with van der Waals surface area (Å²) in [7, 11) is 0. The summed E-state index contributed by atoms with van der Waals surface area (Å²) in [6.07, 6.45) is -0.532. The number of carboxylic acid groups (broad SMARTS) is 1. The van der Waals surface area contributed by atoms with Gasteiger partial charge in [0.1, 0.15) is 22.4 Å². The minimum absolute atomic E-state index is 0.118. The Morgan fingerprint density at radius 2 is 2.26 bits per heavy atom. The van der Waals surface area contributed by atoms with Gasteiger partial charge >= 0.3 is 12.1 Å². The van der Waals surface area contributed by atoms with Gasteiger partial charge in [-0.3, -0.25) is 0 Å². The number of nitrogens with zero attached hydrogens (tertiary/aromatic N) is 1. The van der Waals surface area contributed by atoms with E-state index in [1.165, 1.54) is 0 Å². The highest BCUT2D eigenvalue weighted by Crippen LogP contribution is 2.19. The molecule has 1 aliphatic rings. The van der Waals surface area contributed by atoms with Crippen LogP contribution in [0.5, 0.6) is 0 Å².